The van der Waals surface area contributed by atoms with Gasteiger partial charge in [-0.05, 0) is 56.6 Å². The highest BCUT2D eigenvalue weighted by Gasteiger charge is 2.32. The molecule has 2 aliphatic heterocycles. The van der Waals surface area contributed by atoms with Gasteiger partial charge in [-0.3, -0.25) is 14.5 Å². The summed E-state index contributed by atoms with van der Waals surface area (Å²) in [6, 6.07) is 13.2. The summed E-state index contributed by atoms with van der Waals surface area (Å²) in [5, 5.41) is 0.796. The molecular formula is C27H31Cl2N5O2. The second-order valence-corrected chi connectivity index (χ2v) is 10.4. The number of nitrogens with zero attached hydrogens (tertiary/aromatic N) is 5. The fourth-order valence-electron chi connectivity index (χ4n) is 5.40. The number of amides is 2. The minimum absolute atomic E-state index is 0.0180. The van der Waals surface area contributed by atoms with E-state index in [9.17, 15) is 9.59 Å². The van der Waals surface area contributed by atoms with E-state index < -0.39 is 0 Å². The summed E-state index contributed by atoms with van der Waals surface area (Å²) < 4.78 is 2.27. The maximum Gasteiger partial charge on any atom is 0.254 e. The molecule has 2 fully saturated rings. The highest BCUT2D eigenvalue weighted by atomic mass is 35.5. The van der Waals surface area contributed by atoms with Crippen LogP contribution in [-0.2, 0) is 17.9 Å². The molecule has 2 saturated heterocycles. The molecule has 3 heterocycles. The van der Waals surface area contributed by atoms with Gasteiger partial charge in [-0.15, -0.1) is 0 Å². The maximum atomic E-state index is 13.4. The summed E-state index contributed by atoms with van der Waals surface area (Å²) >= 11 is 12.1. The van der Waals surface area contributed by atoms with Crippen LogP contribution in [0.2, 0.25) is 10.0 Å². The first-order chi connectivity index (χ1) is 17.4. The fraction of sp³-hybridized carbons (Fsp3) is 0.444. The van der Waals surface area contributed by atoms with Crippen molar-refractivity contribution < 1.29 is 9.59 Å². The first-order valence-electron chi connectivity index (χ1n) is 12.6. The van der Waals surface area contributed by atoms with E-state index in [-0.39, 0.29) is 17.7 Å². The van der Waals surface area contributed by atoms with Gasteiger partial charge in [0, 0.05) is 44.8 Å². The second-order valence-electron chi connectivity index (χ2n) is 9.58. The number of hydrogen-bond acceptors (Lipinski definition) is 4. The van der Waals surface area contributed by atoms with Crippen LogP contribution in [-0.4, -0.2) is 75.3 Å². The van der Waals surface area contributed by atoms with Crippen LogP contribution in [0, 0.1) is 5.92 Å². The van der Waals surface area contributed by atoms with Crippen molar-refractivity contribution in [2.24, 2.45) is 5.92 Å². The number of para-hydroxylation sites is 2. The normalized spacial score (nSPS) is 19.1. The van der Waals surface area contributed by atoms with Gasteiger partial charge in [-0.25, -0.2) is 4.98 Å². The number of aryl methyl sites for hydroxylation is 1. The Labute approximate surface area is 221 Å². The lowest BCUT2D eigenvalue weighted by molar-refractivity contribution is -0.139. The smallest absolute Gasteiger partial charge is 0.254 e. The number of hydrogen-bond donors (Lipinski definition) is 0. The van der Waals surface area contributed by atoms with Crippen LogP contribution in [0.3, 0.4) is 0 Å². The molecule has 2 aromatic carbocycles. The number of aromatic nitrogens is 2. The first-order valence-corrected chi connectivity index (χ1v) is 13.4. The third kappa shape index (κ3) is 5.10. The highest BCUT2D eigenvalue weighted by molar-refractivity contribution is 6.42. The largest absolute Gasteiger partial charge is 0.339 e. The van der Waals surface area contributed by atoms with Crippen LogP contribution in [0.15, 0.2) is 42.5 Å². The first kappa shape index (κ1) is 25.1. The van der Waals surface area contributed by atoms with Crippen LogP contribution in [0.4, 0.5) is 0 Å². The van der Waals surface area contributed by atoms with Crippen molar-refractivity contribution in [2.75, 3.05) is 39.3 Å². The minimum Gasteiger partial charge on any atom is -0.339 e. The molecule has 0 unspecified atom stereocenters. The monoisotopic (exact) mass is 527 g/mol. The van der Waals surface area contributed by atoms with Gasteiger partial charge in [0.15, 0.2) is 0 Å². The topological polar surface area (TPSA) is 61.7 Å². The molecule has 0 bridgehead atoms. The molecule has 7 nitrogen and oxygen atoms in total. The average molecular weight is 528 g/mol. The van der Waals surface area contributed by atoms with Gasteiger partial charge >= 0.3 is 0 Å². The molecule has 5 rings (SSSR count). The van der Waals surface area contributed by atoms with E-state index in [0.29, 0.717) is 41.8 Å². The predicted molar refractivity (Wildman–Crippen MR) is 142 cm³/mol. The van der Waals surface area contributed by atoms with E-state index in [1.54, 1.807) is 23.1 Å². The molecule has 3 aromatic rings. The van der Waals surface area contributed by atoms with Gasteiger partial charge in [0.2, 0.25) is 5.91 Å². The zero-order chi connectivity index (χ0) is 25.2. The van der Waals surface area contributed by atoms with Crippen molar-refractivity contribution in [3.63, 3.8) is 0 Å². The SMILES string of the molecule is CCn1c(CN2CCC[C@@H](C(=O)N3CCN(C(=O)c4ccc(Cl)c(Cl)c4)CC3)C2)nc2ccccc21. The lowest BCUT2D eigenvalue weighted by Crippen LogP contribution is -2.53. The summed E-state index contributed by atoms with van der Waals surface area (Å²) in [4.78, 5) is 37.2. The Kier molecular flexibility index (Phi) is 7.51. The number of carbonyl (C=O) groups excluding carboxylic acids is 2. The number of imidazole rings is 1. The van der Waals surface area contributed by atoms with Gasteiger partial charge < -0.3 is 14.4 Å². The molecule has 0 radical (unpaired) electrons. The molecular weight excluding hydrogens is 497 g/mol. The molecule has 190 valence electrons. The molecule has 36 heavy (non-hydrogen) atoms. The average Bonchev–Trinajstić information content (AvgIpc) is 3.26. The minimum atomic E-state index is -0.0803. The van der Waals surface area contributed by atoms with E-state index >= 15 is 0 Å². The summed E-state index contributed by atoms with van der Waals surface area (Å²) in [5.41, 5.74) is 2.70. The Morgan fingerprint density at radius 1 is 0.972 bits per heavy atom. The van der Waals surface area contributed by atoms with Gasteiger partial charge in [0.25, 0.3) is 5.91 Å². The Morgan fingerprint density at radius 2 is 1.72 bits per heavy atom. The molecule has 0 N–H and O–H groups in total. The lowest BCUT2D eigenvalue weighted by Gasteiger charge is -2.39. The van der Waals surface area contributed by atoms with Crippen LogP contribution in [0.25, 0.3) is 11.0 Å². The van der Waals surface area contributed by atoms with Gasteiger partial charge in [0.1, 0.15) is 5.82 Å². The second kappa shape index (κ2) is 10.8. The third-order valence-electron chi connectivity index (χ3n) is 7.31. The van der Waals surface area contributed by atoms with Crippen molar-refractivity contribution in [3.05, 3.63) is 63.9 Å². The van der Waals surface area contributed by atoms with E-state index in [2.05, 4.69) is 28.5 Å². The van der Waals surface area contributed by atoms with Crippen molar-refractivity contribution in [1.29, 1.82) is 0 Å². The van der Waals surface area contributed by atoms with E-state index in [4.69, 9.17) is 28.2 Å². The lowest BCUT2D eigenvalue weighted by atomic mass is 9.96. The molecule has 2 amide bonds. The molecule has 2 aliphatic rings. The third-order valence-corrected chi connectivity index (χ3v) is 8.05. The van der Waals surface area contributed by atoms with Crippen LogP contribution in [0.5, 0.6) is 0 Å². The predicted octanol–water partition coefficient (Wildman–Crippen LogP) is 4.56. The molecule has 1 atom stereocenters. The standard InChI is InChI=1S/C27H31Cl2N5O2/c1-2-34-24-8-4-3-7-23(24)30-25(34)18-31-11-5-6-20(17-31)27(36)33-14-12-32(13-15-33)26(35)19-9-10-21(28)22(29)16-19/h3-4,7-10,16,20H,2,5-6,11-15,17-18H2,1H3/t20-/m1/s1. The summed E-state index contributed by atoms with van der Waals surface area (Å²) in [5.74, 6) is 1.16. The van der Waals surface area contributed by atoms with E-state index in [1.807, 2.05) is 17.0 Å². The molecule has 0 saturated carbocycles. The van der Waals surface area contributed by atoms with Crippen molar-refractivity contribution >= 4 is 46.0 Å². The van der Waals surface area contributed by atoms with E-state index in [1.165, 1.54) is 0 Å². The Hall–Kier alpha value is -2.61. The van der Waals surface area contributed by atoms with Crippen LogP contribution < -0.4 is 0 Å². The van der Waals surface area contributed by atoms with Gasteiger partial charge in [0.05, 0.1) is 33.5 Å². The number of piperazine rings is 1. The number of fused-ring (bicyclic) bond motifs is 1. The highest BCUT2D eigenvalue weighted by Crippen LogP contribution is 2.25. The van der Waals surface area contributed by atoms with E-state index in [0.717, 1.165) is 55.9 Å². The maximum absolute atomic E-state index is 13.4. The van der Waals surface area contributed by atoms with Crippen molar-refractivity contribution in [3.8, 4) is 0 Å². The number of benzene rings is 2. The van der Waals surface area contributed by atoms with Gasteiger partial charge in [-0.1, -0.05) is 35.3 Å². The Balaban J connectivity index is 1.18. The number of carbonyl (C=O) groups is 2. The van der Waals surface area contributed by atoms with Gasteiger partial charge in [-0.2, -0.15) is 0 Å². The summed E-state index contributed by atoms with van der Waals surface area (Å²) in [6.07, 6.45) is 1.90. The number of halogens is 2. The van der Waals surface area contributed by atoms with Crippen molar-refractivity contribution in [1.82, 2.24) is 24.3 Å². The Bertz CT molecular complexity index is 1270. The van der Waals surface area contributed by atoms with Crippen LogP contribution in [0.1, 0.15) is 35.9 Å². The summed E-state index contributed by atoms with van der Waals surface area (Å²) in [7, 11) is 0. The fourth-order valence-corrected chi connectivity index (χ4v) is 5.70. The quantitative estimate of drug-likeness (QED) is 0.487. The number of piperidine rings is 1. The Morgan fingerprint density at radius 3 is 2.47 bits per heavy atom. The zero-order valence-electron chi connectivity index (χ0n) is 20.5. The molecule has 1 aromatic heterocycles. The molecule has 0 spiro atoms. The molecule has 0 aliphatic carbocycles. The molecule has 9 heteroatoms. The number of rotatable bonds is 5. The number of likely N-dealkylation sites (tertiary alicyclic amines) is 1. The zero-order valence-corrected chi connectivity index (χ0v) is 22.0. The van der Waals surface area contributed by atoms with Crippen molar-refractivity contribution in [2.45, 2.75) is 32.9 Å². The van der Waals surface area contributed by atoms with Crippen LogP contribution >= 0.6 is 23.2 Å². The summed E-state index contributed by atoms with van der Waals surface area (Å²) in [6.45, 7) is 7.62.